The van der Waals surface area contributed by atoms with Gasteiger partial charge < -0.3 is 26.2 Å². The van der Waals surface area contributed by atoms with Crippen LogP contribution in [0.1, 0.15) is 43.4 Å². The van der Waals surface area contributed by atoms with Gasteiger partial charge in [0.1, 0.15) is 22.8 Å². The normalized spacial score (nSPS) is 28.4. The van der Waals surface area contributed by atoms with Crippen LogP contribution in [0.2, 0.25) is 0 Å². The second kappa shape index (κ2) is 8.49. The lowest BCUT2D eigenvalue weighted by molar-refractivity contribution is -0.153. The number of carbonyl (C=O) groups excluding carboxylic acids is 3. The van der Waals surface area contributed by atoms with Crippen molar-refractivity contribution in [3.63, 3.8) is 0 Å². The van der Waals surface area contributed by atoms with E-state index in [-0.39, 0.29) is 23.3 Å². The molecule has 0 radical (unpaired) electrons. The Balaban J connectivity index is 1.92. The molecule has 1 fully saturated rings. The number of aryl methyl sites for hydroxylation is 1. The van der Waals surface area contributed by atoms with Crippen LogP contribution in [-0.2, 0) is 27.2 Å². The third-order valence-corrected chi connectivity index (χ3v) is 7.69. The first-order valence-corrected chi connectivity index (χ1v) is 11.8. The Bertz CT molecular complexity index is 1200. The number of phenols is 1. The lowest BCUT2D eigenvalue weighted by Gasteiger charge is -2.50. The molecule has 1 aromatic carbocycles. The molecule has 9 heteroatoms. The summed E-state index contributed by atoms with van der Waals surface area (Å²) in [6.07, 6.45) is 2.02. The maximum atomic E-state index is 13.8. The molecule has 6 N–H and O–H groups in total. The number of likely N-dealkylation sites (N-methyl/N-ethyl adjacent to an activating group) is 1. The number of phenolic OH excluding ortho intramolecular Hbond substituents is 1. The number of ketones is 2. The Morgan fingerprint density at radius 3 is 2.43 bits per heavy atom. The highest BCUT2D eigenvalue weighted by atomic mass is 16.3. The number of rotatable bonds is 5. The van der Waals surface area contributed by atoms with E-state index >= 15 is 0 Å². The minimum atomic E-state index is -2.62. The van der Waals surface area contributed by atoms with E-state index in [1.165, 1.54) is 11.0 Å². The van der Waals surface area contributed by atoms with Crippen molar-refractivity contribution in [1.82, 2.24) is 4.90 Å². The summed E-state index contributed by atoms with van der Waals surface area (Å²) in [5.41, 5.74) is 3.60. The fourth-order valence-corrected chi connectivity index (χ4v) is 5.99. The first-order valence-electron chi connectivity index (χ1n) is 11.8. The van der Waals surface area contributed by atoms with E-state index in [0.717, 1.165) is 24.0 Å². The van der Waals surface area contributed by atoms with Gasteiger partial charge in [0, 0.05) is 11.5 Å². The monoisotopic (exact) mass is 484 g/mol. The molecule has 0 bridgehead atoms. The average Bonchev–Trinajstić information content (AvgIpc) is 2.75. The molecule has 0 saturated heterocycles. The van der Waals surface area contributed by atoms with Crippen molar-refractivity contribution < 1.29 is 34.8 Å². The molecule has 0 heterocycles. The maximum Gasteiger partial charge on any atom is 0.255 e. The predicted molar refractivity (Wildman–Crippen MR) is 127 cm³/mol. The molecular weight excluding hydrogens is 452 g/mol. The van der Waals surface area contributed by atoms with Crippen molar-refractivity contribution in [1.29, 1.82) is 0 Å². The van der Waals surface area contributed by atoms with Gasteiger partial charge in [0.05, 0.1) is 11.6 Å². The summed E-state index contributed by atoms with van der Waals surface area (Å²) in [5, 5.41) is 44.3. The molecule has 1 aromatic rings. The van der Waals surface area contributed by atoms with Crippen molar-refractivity contribution in [2.24, 2.45) is 23.5 Å². The fraction of sp³-hybridized carbons (Fsp3) is 0.500. The van der Waals surface area contributed by atoms with Crippen LogP contribution in [0, 0.1) is 17.8 Å². The molecule has 0 aliphatic heterocycles. The first kappa shape index (κ1) is 24.9. The molecule has 9 nitrogen and oxygen atoms in total. The number of aliphatic hydroxyl groups excluding tert-OH is 2. The topological polar surface area (TPSA) is 161 Å². The highest BCUT2D eigenvalue weighted by molar-refractivity contribution is 6.24. The molecule has 3 aliphatic carbocycles. The molecule has 4 rings (SSSR count). The third kappa shape index (κ3) is 3.56. The summed E-state index contributed by atoms with van der Waals surface area (Å²) in [7, 11) is 3.16. The quantitative estimate of drug-likeness (QED) is 0.393. The summed E-state index contributed by atoms with van der Waals surface area (Å²) in [6.45, 7) is 4.20. The lowest BCUT2D eigenvalue weighted by atomic mass is 9.57. The molecule has 4 atom stereocenters. The second-order valence-corrected chi connectivity index (χ2v) is 10.5. The molecule has 4 unspecified atom stereocenters. The molecule has 0 aromatic heterocycles. The molecule has 188 valence electrons. The van der Waals surface area contributed by atoms with Crippen LogP contribution in [0.5, 0.6) is 5.75 Å². The van der Waals surface area contributed by atoms with Gasteiger partial charge in [-0.15, -0.1) is 0 Å². The van der Waals surface area contributed by atoms with E-state index < -0.39 is 58.0 Å². The summed E-state index contributed by atoms with van der Waals surface area (Å²) >= 11 is 0. The standard InChI is InChI=1S/C26H32N2O7/c1-11(2)5-6-12-7-8-16(29)18-14(12)9-13-10-15-20(28(3)4)22(31)19(25(27)34)24(33)26(15,35)23(32)17(13)21(18)30/h7-8,11,13,15,20,29-30,33,35H,5-6,9-10H2,1-4H3,(H2,27,34). The number of amides is 1. The molecule has 35 heavy (non-hydrogen) atoms. The number of benzene rings is 1. The number of nitrogens with two attached hydrogens (primary N) is 1. The van der Waals surface area contributed by atoms with Crippen LogP contribution in [0.15, 0.2) is 29.0 Å². The number of primary amides is 1. The van der Waals surface area contributed by atoms with Crippen LogP contribution in [0.3, 0.4) is 0 Å². The minimum Gasteiger partial charge on any atom is -0.508 e. The molecular formula is C26H32N2O7. The number of hydrogen-bond donors (Lipinski definition) is 5. The fourth-order valence-electron chi connectivity index (χ4n) is 5.99. The number of aliphatic hydroxyl groups is 3. The van der Waals surface area contributed by atoms with Crippen molar-refractivity contribution >= 4 is 23.2 Å². The Morgan fingerprint density at radius 1 is 1.20 bits per heavy atom. The van der Waals surface area contributed by atoms with Gasteiger partial charge in [0.2, 0.25) is 5.78 Å². The first-order chi connectivity index (χ1) is 16.3. The number of nitrogens with zero attached hydrogens (tertiary/aromatic N) is 1. The van der Waals surface area contributed by atoms with Gasteiger partial charge in [0.15, 0.2) is 11.4 Å². The van der Waals surface area contributed by atoms with Crippen LogP contribution >= 0.6 is 0 Å². The van der Waals surface area contributed by atoms with Gasteiger partial charge in [-0.1, -0.05) is 19.9 Å². The van der Waals surface area contributed by atoms with E-state index in [2.05, 4.69) is 13.8 Å². The predicted octanol–water partition coefficient (Wildman–Crippen LogP) is 1.55. The minimum absolute atomic E-state index is 0.0883. The SMILES string of the molecule is CC(C)CCc1ccc(O)c2c1CC1CC3C(N(C)C)C(=O)C(C(N)=O)=C(O)C3(O)C(=O)C1=C2O. The Kier molecular flexibility index (Phi) is 6.05. The van der Waals surface area contributed by atoms with Gasteiger partial charge in [-0.3, -0.25) is 19.3 Å². The number of carbonyl (C=O) groups is 3. The van der Waals surface area contributed by atoms with Gasteiger partial charge in [-0.25, -0.2) is 0 Å². The van der Waals surface area contributed by atoms with Crippen LogP contribution < -0.4 is 5.73 Å². The van der Waals surface area contributed by atoms with Crippen molar-refractivity contribution in [2.75, 3.05) is 14.1 Å². The summed E-state index contributed by atoms with van der Waals surface area (Å²) in [5.74, 6) is -5.92. The summed E-state index contributed by atoms with van der Waals surface area (Å²) in [6, 6.07) is 2.20. The van der Waals surface area contributed by atoms with Gasteiger partial charge in [-0.05, 0) is 68.8 Å². The van der Waals surface area contributed by atoms with E-state index in [1.807, 2.05) is 6.07 Å². The van der Waals surface area contributed by atoms with Gasteiger partial charge in [0.25, 0.3) is 5.91 Å². The van der Waals surface area contributed by atoms with E-state index in [9.17, 15) is 34.8 Å². The molecule has 0 spiro atoms. The van der Waals surface area contributed by atoms with Crippen molar-refractivity contribution in [2.45, 2.75) is 51.2 Å². The Hall–Kier alpha value is -3.17. The van der Waals surface area contributed by atoms with Crippen molar-refractivity contribution in [3.8, 4) is 5.75 Å². The van der Waals surface area contributed by atoms with E-state index in [1.54, 1.807) is 14.1 Å². The largest absolute Gasteiger partial charge is 0.508 e. The molecule has 1 amide bonds. The smallest absolute Gasteiger partial charge is 0.255 e. The van der Waals surface area contributed by atoms with Crippen LogP contribution in [0.25, 0.3) is 5.76 Å². The number of hydrogen-bond acceptors (Lipinski definition) is 8. The van der Waals surface area contributed by atoms with Gasteiger partial charge in [-0.2, -0.15) is 0 Å². The highest BCUT2D eigenvalue weighted by Gasteiger charge is 2.64. The zero-order chi connectivity index (χ0) is 26.0. The average molecular weight is 485 g/mol. The highest BCUT2D eigenvalue weighted by Crippen LogP contribution is 2.53. The maximum absolute atomic E-state index is 13.8. The van der Waals surface area contributed by atoms with E-state index in [4.69, 9.17) is 5.73 Å². The van der Waals surface area contributed by atoms with Gasteiger partial charge >= 0.3 is 0 Å². The third-order valence-electron chi connectivity index (χ3n) is 7.69. The Labute approximate surface area is 203 Å². The lowest BCUT2D eigenvalue weighted by Crippen LogP contribution is -2.65. The second-order valence-electron chi connectivity index (χ2n) is 10.5. The number of aromatic hydroxyl groups is 1. The summed E-state index contributed by atoms with van der Waals surface area (Å²) in [4.78, 5) is 40.4. The van der Waals surface area contributed by atoms with Crippen LogP contribution in [0.4, 0.5) is 0 Å². The number of Topliss-reactive ketones (excluding diaryl/α,β-unsaturated/α-hetero) is 2. The summed E-state index contributed by atoms with van der Waals surface area (Å²) < 4.78 is 0. The Morgan fingerprint density at radius 2 is 1.86 bits per heavy atom. The zero-order valence-corrected chi connectivity index (χ0v) is 20.3. The number of fused-ring (bicyclic) bond motifs is 3. The van der Waals surface area contributed by atoms with Crippen molar-refractivity contribution in [3.05, 3.63) is 45.7 Å². The molecule has 3 aliphatic rings. The molecule has 1 saturated carbocycles. The van der Waals surface area contributed by atoms with E-state index in [0.29, 0.717) is 12.3 Å². The zero-order valence-electron chi connectivity index (χ0n) is 20.3. The van der Waals surface area contributed by atoms with Crippen LogP contribution in [-0.4, -0.2) is 68.5 Å².